The summed E-state index contributed by atoms with van der Waals surface area (Å²) in [7, 11) is 0. The largest absolute Gasteiger partial charge is 0.378 e. The number of fused-ring (bicyclic) bond motifs is 2. The Morgan fingerprint density at radius 3 is 2.32 bits per heavy atom. The van der Waals surface area contributed by atoms with Gasteiger partial charge in [0.25, 0.3) is 0 Å². The molecule has 3 N–H and O–H groups in total. The predicted octanol–water partition coefficient (Wildman–Crippen LogP) is 2.24. The summed E-state index contributed by atoms with van der Waals surface area (Å²) in [6, 6.07) is -0.0820. The highest BCUT2D eigenvalue weighted by Gasteiger charge is 2.45. The van der Waals surface area contributed by atoms with Crippen molar-refractivity contribution < 1.29 is 14.9 Å². The fraction of sp³-hybridized carbons (Fsp3) is 1.00. The molecule has 4 heteroatoms. The third-order valence-corrected chi connectivity index (χ3v) is 7.10. The first-order chi connectivity index (χ1) is 10.7. The van der Waals surface area contributed by atoms with Gasteiger partial charge < -0.3 is 14.9 Å². The van der Waals surface area contributed by atoms with Crippen molar-refractivity contribution in [2.45, 2.75) is 76.3 Å². The molecule has 0 spiro atoms. The quantitative estimate of drug-likeness (QED) is 0.700. The molecule has 1 saturated heterocycles. The molecule has 3 aliphatic carbocycles. The number of hydrogen-bond acceptors (Lipinski definition) is 4. The summed E-state index contributed by atoms with van der Waals surface area (Å²) >= 11 is 0. The molecule has 4 nitrogen and oxygen atoms in total. The molecule has 8 unspecified atom stereocenters. The van der Waals surface area contributed by atoms with Gasteiger partial charge in [-0.15, -0.1) is 0 Å². The molecule has 4 fully saturated rings. The fourth-order valence-corrected chi connectivity index (χ4v) is 5.84. The van der Waals surface area contributed by atoms with Gasteiger partial charge in [-0.25, -0.2) is 0 Å². The first-order valence-corrected chi connectivity index (χ1v) is 9.46. The molecule has 1 aliphatic heterocycles. The highest BCUT2D eigenvalue weighted by Crippen LogP contribution is 2.52. The van der Waals surface area contributed by atoms with Gasteiger partial charge in [0, 0.05) is 5.92 Å². The van der Waals surface area contributed by atoms with Crippen LogP contribution in [0.15, 0.2) is 0 Å². The first kappa shape index (κ1) is 15.4. The summed E-state index contributed by atoms with van der Waals surface area (Å²) in [5.74, 6) is 3.78. The van der Waals surface area contributed by atoms with Crippen LogP contribution >= 0.6 is 0 Å². The molecule has 0 bridgehead atoms. The summed E-state index contributed by atoms with van der Waals surface area (Å²) < 4.78 is 4.99. The van der Waals surface area contributed by atoms with Crippen LogP contribution < -0.4 is 5.32 Å². The molecule has 0 amide bonds. The Morgan fingerprint density at radius 1 is 0.909 bits per heavy atom. The molecule has 3 saturated carbocycles. The molecule has 126 valence electrons. The summed E-state index contributed by atoms with van der Waals surface area (Å²) in [6.45, 7) is 0.518. The van der Waals surface area contributed by atoms with Crippen molar-refractivity contribution in [3.8, 4) is 0 Å². The van der Waals surface area contributed by atoms with Gasteiger partial charge in [-0.1, -0.05) is 38.5 Å². The lowest BCUT2D eigenvalue weighted by Gasteiger charge is -2.50. The standard InChI is InChI=1S/C18H31NO3/c20-17(19-16-10-22-18(16)21)14-7-3-6-13-8-11-4-1-2-5-12(11)9-15(13)14/h11-21H,1-10H2. The summed E-state index contributed by atoms with van der Waals surface area (Å²) in [5.41, 5.74) is 0. The SMILES string of the molecule is OC(NC1COC1O)C1CCCC2CC3CCCCC3CC21. The topological polar surface area (TPSA) is 61.7 Å². The maximum Gasteiger partial charge on any atom is 0.172 e. The van der Waals surface area contributed by atoms with E-state index in [1.165, 1.54) is 51.4 Å². The third kappa shape index (κ3) is 2.83. The maximum absolute atomic E-state index is 10.7. The molecule has 0 aromatic heterocycles. The van der Waals surface area contributed by atoms with Crippen LogP contribution in [-0.2, 0) is 4.74 Å². The second-order valence-corrected chi connectivity index (χ2v) is 8.24. The first-order valence-electron chi connectivity index (χ1n) is 9.46. The summed E-state index contributed by atoms with van der Waals surface area (Å²) in [6.07, 6.45) is 11.0. The zero-order chi connectivity index (χ0) is 15.1. The average Bonchev–Trinajstić information content (AvgIpc) is 2.55. The average molecular weight is 309 g/mol. The van der Waals surface area contributed by atoms with Crippen molar-refractivity contribution in [3.05, 3.63) is 0 Å². The van der Waals surface area contributed by atoms with E-state index >= 15 is 0 Å². The van der Waals surface area contributed by atoms with E-state index in [2.05, 4.69) is 5.32 Å². The van der Waals surface area contributed by atoms with E-state index in [-0.39, 0.29) is 6.04 Å². The Kier molecular flexibility index (Phi) is 4.46. The van der Waals surface area contributed by atoms with Gasteiger partial charge in [0.2, 0.25) is 0 Å². The van der Waals surface area contributed by atoms with Crippen molar-refractivity contribution in [2.24, 2.45) is 29.6 Å². The van der Waals surface area contributed by atoms with Crippen LogP contribution in [0.3, 0.4) is 0 Å². The maximum atomic E-state index is 10.7. The minimum absolute atomic E-state index is 0.0820. The number of rotatable bonds is 3. The molecular weight excluding hydrogens is 278 g/mol. The lowest BCUT2D eigenvalue weighted by molar-refractivity contribution is -0.219. The van der Waals surface area contributed by atoms with Crippen LogP contribution in [0, 0.1) is 29.6 Å². The normalized spacial score (nSPS) is 49.6. The van der Waals surface area contributed by atoms with Crippen molar-refractivity contribution >= 4 is 0 Å². The lowest BCUT2D eigenvalue weighted by Crippen LogP contribution is -2.59. The number of hydrogen-bond donors (Lipinski definition) is 3. The second kappa shape index (κ2) is 6.39. The molecule has 0 radical (unpaired) electrons. The Morgan fingerprint density at radius 2 is 1.64 bits per heavy atom. The lowest BCUT2D eigenvalue weighted by atomic mass is 9.57. The predicted molar refractivity (Wildman–Crippen MR) is 83.9 cm³/mol. The molecule has 8 atom stereocenters. The third-order valence-electron chi connectivity index (χ3n) is 7.10. The highest BCUT2D eigenvalue weighted by atomic mass is 16.6. The Labute approximate surface area is 133 Å². The second-order valence-electron chi connectivity index (χ2n) is 8.24. The van der Waals surface area contributed by atoms with E-state index in [4.69, 9.17) is 4.74 Å². The van der Waals surface area contributed by atoms with E-state index in [0.717, 1.165) is 24.2 Å². The summed E-state index contributed by atoms with van der Waals surface area (Å²) in [4.78, 5) is 0. The molecule has 0 aromatic carbocycles. The summed E-state index contributed by atoms with van der Waals surface area (Å²) in [5, 5.41) is 23.5. The van der Waals surface area contributed by atoms with Crippen molar-refractivity contribution in [2.75, 3.05) is 6.61 Å². The fourth-order valence-electron chi connectivity index (χ4n) is 5.84. The number of nitrogens with one attached hydrogen (secondary N) is 1. The van der Waals surface area contributed by atoms with Crippen LogP contribution in [0.2, 0.25) is 0 Å². The van der Waals surface area contributed by atoms with Gasteiger partial charge in [-0.3, -0.25) is 5.32 Å². The van der Waals surface area contributed by atoms with Gasteiger partial charge in [-0.05, 0) is 42.9 Å². The van der Waals surface area contributed by atoms with Crippen LogP contribution in [0.5, 0.6) is 0 Å². The van der Waals surface area contributed by atoms with E-state index in [0.29, 0.717) is 18.4 Å². The van der Waals surface area contributed by atoms with Gasteiger partial charge in [0.05, 0.1) is 12.6 Å². The Hall–Kier alpha value is -0.160. The number of aliphatic hydroxyl groups excluding tert-OH is 2. The minimum Gasteiger partial charge on any atom is -0.378 e. The highest BCUT2D eigenvalue weighted by molar-refractivity contribution is 4.95. The van der Waals surface area contributed by atoms with E-state index in [9.17, 15) is 10.2 Å². The van der Waals surface area contributed by atoms with E-state index in [1.807, 2.05) is 0 Å². The zero-order valence-electron chi connectivity index (χ0n) is 13.5. The molecule has 1 heterocycles. The van der Waals surface area contributed by atoms with Gasteiger partial charge in [0.1, 0.15) is 6.23 Å². The van der Waals surface area contributed by atoms with Crippen molar-refractivity contribution in [3.63, 3.8) is 0 Å². The van der Waals surface area contributed by atoms with Crippen molar-refractivity contribution in [1.82, 2.24) is 5.32 Å². The van der Waals surface area contributed by atoms with Crippen LogP contribution in [0.4, 0.5) is 0 Å². The monoisotopic (exact) mass is 309 g/mol. The smallest absolute Gasteiger partial charge is 0.172 e. The molecule has 0 aromatic rings. The van der Waals surface area contributed by atoms with Gasteiger partial charge in [0.15, 0.2) is 6.29 Å². The van der Waals surface area contributed by atoms with Gasteiger partial charge >= 0.3 is 0 Å². The van der Waals surface area contributed by atoms with Crippen LogP contribution in [-0.4, -0.2) is 35.4 Å². The van der Waals surface area contributed by atoms with Crippen LogP contribution in [0.1, 0.15) is 57.8 Å². The number of ether oxygens (including phenoxy) is 1. The number of aliphatic hydroxyl groups is 2. The molecular formula is C18H31NO3. The molecule has 4 aliphatic rings. The molecule has 4 rings (SSSR count). The minimum atomic E-state index is -0.733. The Balaban J connectivity index is 1.41. The Bertz CT molecular complexity index is 391. The van der Waals surface area contributed by atoms with E-state index < -0.39 is 12.5 Å². The van der Waals surface area contributed by atoms with Gasteiger partial charge in [-0.2, -0.15) is 0 Å². The van der Waals surface area contributed by atoms with Crippen LogP contribution in [0.25, 0.3) is 0 Å². The zero-order valence-corrected chi connectivity index (χ0v) is 13.5. The molecule has 22 heavy (non-hydrogen) atoms. The van der Waals surface area contributed by atoms with Crippen molar-refractivity contribution in [1.29, 1.82) is 0 Å². The van der Waals surface area contributed by atoms with E-state index in [1.54, 1.807) is 0 Å².